The van der Waals surface area contributed by atoms with Crippen molar-refractivity contribution in [2.75, 3.05) is 42.5 Å². The van der Waals surface area contributed by atoms with Gasteiger partial charge in [0.15, 0.2) is 0 Å². The van der Waals surface area contributed by atoms with Crippen molar-refractivity contribution in [1.82, 2.24) is 5.32 Å². The van der Waals surface area contributed by atoms with Gasteiger partial charge in [-0.25, -0.2) is 0 Å². The summed E-state index contributed by atoms with van der Waals surface area (Å²) in [7, 11) is 0. The minimum atomic E-state index is 0.401. The van der Waals surface area contributed by atoms with Crippen LogP contribution in [0.5, 0.6) is 0 Å². The SMILES string of the molecule is CC1(C)C[C@@H]2CNC[C@H]1N(c1ccc(N3CCCCC3)cc1)C2. The van der Waals surface area contributed by atoms with Crippen LogP contribution in [0.3, 0.4) is 0 Å². The number of hydrogen-bond donors (Lipinski definition) is 1. The van der Waals surface area contributed by atoms with E-state index in [-0.39, 0.29) is 0 Å². The molecule has 1 N–H and O–H groups in total. The summed E-state index contributed by atoms with van der Waals surface area (Å²) in [6.45, 7) is 10.9. The third kappa shape index (κ3) is 2.96. The summed E-state index contributed by atoms with van der Waals surface area (Å²) in [4.78, 5) is 5.22. The largest absolute Gasteiger partial charge is 0.372 e. The monoisotopic (exact) mass is 313 g/mol. The van der Waals surface area contributed by atoms with Gasteiger partial charge in [0, 0.05) is 43.6 Å². The zero-order chi connectivity index (χ0) is 15.9. The average Bonchev–Trinajstić information content (AvgIpc) is 2.86. The molecule has 4 saturated heterocycles. The van der Waals surface area contributed by atoms with Crippen molar-refractivity contribution < 1.29 is 0 Å². The maximum atomic E-state index is 3.68. The predicted octanol–water partition coefficient (Wildman–Crippen LogP) is 3.50. The summed E-state index contributed by atoms with van der Waals surface area (Å²) in [6, 6.07) is 10.0. The minimum Gasteiger partial charge on any atom is -0.372 e. The van der Waals surface area contributed by atoms with Crippen LogP contribution in [0.1, 0.15) is 39.5 Å². The number of nitrogens with zero attached hydrogens (tertiary/aromatic N) is 2. The average molecular weight is 313 g/mol. The topological polar surface area (TPSA) is 18.5 Å². The maximum Gasteiger partial charge on any atom is 0.0465 e. The van der Waals surface area contributed by atoms with Gasteiger partial charge in [0.2, 0.25) is 0 Å². The van der Waals surface area contributed by atoms with Gasteiger partial charge in [-0.2, -0.15) is 0 Å². The third-order valence-corrected chi connectivity index (χ3v) is 6.22. The molecule has 0 aliphatic carbocycles. The summed E-state index contributed by atoms with van der Waals surface area (Å²) in [5.74, 6) is 0.783. The Bertz CT molecular complexity index is 530. The summed E-state index contributed by atoms with van der Waals surface area (Å²) < 4.78 is 0. The van der Waals surface area contributed by atoms with E-state index in [1.165, 1.54) is 63.2 Å². The van der Waals surface area contributed by atoms with Crippen LogP contribution in [0.4, 0.5) is 11.4 Å². The molecule has 4 heterocycles. The molecule has 4 fully saturated rings. The Morgan fingerprint density at radius 1 is 0.957 bits per heavy atom. The normalized spacial score (nSPS) is 30.3. The number of rotatable bonds is 2. The summed E-state index contributed by atoms with van der Waals surface area (Å²) in [5, 5.41) is 3.68. The van der Waals surface area contributed by atoms with Gasteiger partial charge in [0.1, 0.15) is 0 Å². The molecule has 2 bridgehead atoms. The van der Waals surface area contributed by atoms with Crippen LogP contribution in [0.15, 0.2) is 24.3 Å². The van der Waals surface area contributed by atoms with Gasteiger partial charge < -0.3 is 15.1 Å². The number of piperidine rings is 2. The first kappa shape index (κ1) is 15.3. The first-order chi connectivity index (χ1) is 11.1. The highest BCUT2D eigenvalue weighted by Crippen LogP contribution is 2.41. The predicted molar refractivity (Wildman–Crippen MR) is 98.4 cm³/mol. The fraction of sp³-hybridized carbons (Fsp3) is 0.700. The van der Waals surface area contributed by atoms with Gasteiger partial charge in [-0.05, 0) is 67.8 Å². The van der Waals surface area contributed by atoms with Crippen molar-refractivity contribution >= 4 is 11.4 Å². The molecule has 126 valence electrons. The number of hydrogen-bond acceptors (Lipinski definition) is 3. The molecular weight excluding hydrogens is 282 g/mol. The summed E-state index contributed by atoms with van der Waals surface area (Å²) in [5.41, 5.74) is 3.22. The molecule has 23 heavy (non-hydrogen) atoms. The highest BCUT2D eigenvalue weighted by molar-refractivity contribution is 5.57. The lowest BCUT2D eigenvalue weighted by molar-refractivity contribution is 0.192. The van der Waals surface area contributed by atoms with Gasteiger partial charge in [-0.3, -0.25) is 0 Å². The zero-order valence-electron chi connectivity index (χ0n) is 14.7. The molecule has 3 heteroatoms. The molecule has 0 aromatic heterocycles. The van der Waals surface area contributed by atoms with Crippen LogP contribution in [-0.4, -0.2) is 38.8 Å². The third-order valence-electron chi connectivity index (χ3n) is 6.22. The maximum absolute atomic E-state index is 3.68. The van der Waals surface area contributed by atoms with E-state index < -0.39 is 0 Å². The Balaban J connectivity index is 1.55. The Morgan fingerprint density at radius 3 is 2.39 bits per heavy atom. The second-order valence-corrected chi connectivity index (χ2v) is 8.45. The molecule has 5 rings (SSSR count). The van der Waals surface area contributed by atoms with Gasteiger partial charge in [-0.1, -0.05) is 13.8 Å². The fourth-order valence-electron chi connectivity index (χ4n) is 5.01. The van der Waals surface area contributed by atoms with Crippen LogP contribution in [0.25, 0.3) is 0 Å². The van der Waals surface area contributed by atoms with E-state index in [1.807, 2.05) is 0 Å². The van der Waals surface area contributed by atoms with Crippen molar-refractivity contribution in [1.29, 1.82) is 0 Å². The van der Waals surface area contributed by atoms with Gasteiger partial charge in [0.25, 0.3) is 0 Å². The van der Waals surface area contributed by atoms with E-state index in [1.54, 1.807) is 0 Å². The fourth-order valence-corrected chi connectivity index (χ4v) is 5.01. The Hall–Kier alpha value is -1.22. The summed E-state index contributed by atoms with van der Waals surface area (Å²) in [6.07, 6.45) is 5.44. The first-order valence-electron chi connectivity index (χ1n) is 9.46. The standard InChI is InChI=1S/C20H31N3/c1-20(2)12-16-13-21-14-19(20)23(15-16)18-8-6-17(7-9-18)22-10-4-3-5-11-22/h6-9,16,19,21H,3-5,10-15H2,1-2H3/t16-,19-/m1/s1. The summed E-state index contributed by atoms with van der Waals surface area (Å²) >= 11 is 0. The molecule has 0 radical (unpaired) electrons. The van der Waals surface area contributed by atoms with E-state index in [4.69, 9.17) is 0 Å². The quantitative estimate of drug-likeness (QED) is 0.901. The smallest absolute Gasteiger partial charge is 0.0465 e. The highest BCUT2D eigenvalue weighted by Gasteiger charge is 2.43. The molecule has 0 saturated carbocycles. The Kier molecular flexibility index (Phi) is 4.00. The van der Waals surface area contributed by atoms with Crippen LogP contribution in [0, 0.1) is 11.3 Å². The van der Waals surface area contributed by atoms with E-state index in [2.05, 4.69) is 53.2 Å². The number of nitrogens with one attached hydrogen (secondary N) is 1. The second-order valence-electron chi connectivity index (χ2n) is 8.45. The van der Waals surface area contributed by atoms with Gasteiger partial charge in [-0.15, -0.1) is 0 Å². The molecule has 3 nitrogen and oxygen atoms in total. The molecule has 0 amide bonds. The van der Waals surface area contributed by atoms with Crippen LogP contribution >= 0.6 is 0 Å². The van der Waals surface area contributed by atoms with Crippen LogP contribution in [-0.2, 0) is 0 Å². The highest BCUT2D eigenvalue weighted by atomic mass is 15.2. The van der Waals surface area contributed by atoms with Crippen molar-refractivity contribution in [3.8, 4) is 0 Å². The lowest BCUT2D eigenvalue weighted by Gasteiger charge is -2.48. The Morgan fingerprint density at radius 2 is 1.65 bits per heavy atom. The van der Waals surface area contributed by atoms with Crippen LogP contribution in [0.2, 0.25) is 0 Å². The first-order valence-corrected chi connectivity index (χ1v) is 9.46. The molecule has 4 aliphatic rings. The molecular formula is C20H31N3. The second kappa shape index (κ2) is 6.01. The van der Waals surface area contributed by atoms with E-state index >= 15 is 0 Å². The van der Waals surface area contributed by atoms with Crippen molar-refractivity contribution in [3.05, 3.63) is 24.3 Å². The molecule has 1 aromatic rings. The molecule has 0 spiro atoms. The lowest BCUT2D eigenvalue weighted by atomic mass is 9.73. The molecule has 4 aliphatic heterocycles. The van der Waals surface area contributed by atoms with E-state index in [0.29, 0.717) is 11.5 Å². The van der Waals surface area contributed by atoms with E-state index in [9.17, 15) is 0 Å². The molecule has 1 aromatic carbocycles. The van der Waals surface area contributed by atoms with E-state index in [0.717, 1.165) is 12.5 Å². The van der Waals surface area contributed by atoms with Crippen molar-refractivity contribution in [3.63, 3.8) is 0 Å². The van der Waals surface area contributed by atoms with Crippen molar-refractivity contribution in [2.24, 2.45) is 11.3 Å². The number of fused-ring (bicyclic) bond motifs is 4. The molecule has 0 unspecified atom stereocenters. The van der Waals surface area contributed by atoms with Crippen molar-refractivity contribution in [2.45, 2.75) is 45.6 Å². The van der Waals surface area contributed by atoms with Gasteiger partial charge in [0.05, 0.1) is 0 Å². The van der Waals surface area contributed by atoms with Crippen LogP contribution < -0.4 is 15.1 Å². The molecule has 2 atom stereocenters. The lowest BCUT2D eigenvalue weighted by Crippen LogP contribution is -2.53. The zero-order valence-corrected chi connectivity index (χ0v) is 14.7. The Labute approximate surface area is 141 Å². The minimum absolute atomic E-state index is 0.401. The van der Waals surface area contributed by atoms with Gasteiger partial charge >= 0.3 is 0 Å². The number of anilines is 2. The number of benzene rings is 1.